The Bertz CT molecular complexity index is 941. The summed E-state index contributed by atoms with van der Waals surface area (Å²) in [5, 5.41) is 0. The quantitative estimate of drug-likeness (QED) is 0.708. The van der Waals surface area contributed by atoms with Crippen molar-refractivity contribution in [1.29, 1.82) is 0 Å². The van der Waals surface area contributed by atoms with Crippen LogP contribution >= 0.6 is 0 Å². The average molecular weight is 445 g/mol. The molecule has 3 aliphatic rings. The van der Waals surface area contributed by atoms with E-state index in [2.05, 4.69) is 4.99 Å². The van der Waals surface area contributed by atoms with E-state index in [0.29, 0.717) is 49.8 Å². The van der Waals surface area contributed by atoms with Gasteiger partial charge in [-0.3, -0.25) is 4.99 Å². The Morgan fingerprint density at radius 3 is 2.53 bits per heavy atom. The predicted molar refractivity (Wildman–Crippen MR) is 124 cm³/mol. The number of aliphatic imine (C=N–C) groups is 2. The summed E-state index contributed by atoms with van der Waals surface area (Å²) in [6.07, 6.45) is 1.28. The van der Waals surface area contributed by atoms with Crippen LogP contribution in [0.3, 0.4) is 0 Å². The number of benzene rings is 1. The molecule has 1 aromatic rings. The molecule has 3 heterocycles. The van der Waals surface area contributed by atoms with Gasteiger partial charge in [0.25, 0.3) is 0 Å². The Balaban J connectivity index is 1.43. The second-order valence-electron chi connectivity index (χ2n) is 9.87. The topological polar surface area (TPSA) is 66.7 Å². The molecule has 0 bridgehead atoms. The molecule has 0 N–H and O–H groups in total. The van der Waals surface area contributed by atoms with Crippen molar-refractivity contribution in [3.8, 4) is 0 Å². The normalized spacial score (nSPS) is 20.0. The number of hydrogen-bond acceptors (Lipinski definition) is 6. The molecule has 174 valence electrons. The van der Waals surface area contributed by atoms with Crippen LogP contribution in [0, 0.1) is 18.7 Å². The molecule has 0 unspecified atom stereocenters. The number of ether oxygens (including phenoxy) is 2. The third-order valence-corrected chi connectivity index (χ3v) is 6.30. The van der Waals surface area contributed by atoms with E-state index in [9.17, 15) is 4.79 Å². The highest BCUT2D eigenvalue weighted by molar-refractivity contribution is 6.13. The summed E-state index contributed by atoms with van der Waals surface area (Å²) < 4.78 is 26.3. The van der Waals surface area contributed by atoms with Crippen molar-refractivity contribution in [3.05, 3.63) is 29.1 Å². The summed E-state index contributed by atoms with van der Waals surface area (Å²) in [7, 11) is 1.92. The van der Waals surface area contributed by atoms with Crippen LogP contribution in [0.1, 0.15) is 44.7 Å². The highest BCUT2D eigenvalue weighted by atomic mass is 19.1. The van der Waals surface area contributed by atoms with E-state index < -0.39 is 5.60 Å². The van der Waals surface area contributed by atoms with Crippen molar-refractivity contribution < 1.29 is 18.7 Å². The number of carbonyl (C=O) groups excluding carboxylic acids is 1. The molecule has 32 heavy (non-hydrogen) atoms. The summed E-state index contributed by atoms with van der Waals surface area (Å²) in [5.41, 5.74) is 2.20. The average Bonchev–Trinajstić information content (AvgIpc) is 3.15. The number of likely N-dealkylation sites (N-methyl/N-ethyl adjacent to an activating group) is 1. The Morgan fingerprint density at radius 1 is 1.25 bits per heavy atom. The van der Waals surface area contributed by atoms with Gasteiger partial charge in [-0.1, -0.05) is 6.07 Å². The van der Waals surface area contributed by atoms with Crippen LogP contribution in [0.25, 0.3) is 0 Å². The van der Waals surface area contributed by atoms with Crippen molar-refractivity contribution >= 4 is 23.3 Å². The molecule has 0 radical (unpaired) electrons. The van der Waals surface area contributed by atoms with E-state index >= 15 is 4.39 Å². The molecular weight excluding hydrogens is 411 g/mol. The smallest absolute Gasteiger partial charge is 0.410 e. The van der Waals surface area contributed by atoms with Crippen molar-refractivity contribution in [3.63, 3.8) is 0 Å². The molecule has 0 aliphatic carbocycles. The number of carbonyl (C=O) groups is 1. The van der Waals surface area contributed by atoms with E-state index in [4.69, 9.17) is 14.5 Å². The second-order valence-corrected chi connectivity index (χ2v) is 9.87. The van der Waals surface area contributed by atoms with Gasteiger partial charge in [0.05, 0.1) is 37.2 Å². The van der Waals surface area contributed by atoms with Crippen molar-refractivity contribution in [1.82, 2.24) is 4.90 Å². The lowest BCUT2D eigenvalue weighted by Gasteiger charge is -2.37. The lowest BCUT2D eigenvalue weighted by atomic mass is 9.96. The minimum Gasteiger partial charge on any atom is -0.444 e. The van der Waals surface area contributed by atoms with E-state index in [1.807, 2.05) is 51.8 Å². The van der Waals surface area contributed by atoms with E-state index in [1.165, 1.54) is 0 Å². The fourth-order valence-electron chi connectivity index (χ4n) is 4.32. The maximum atomic E-state index is 15.5. The monoisotopic (exact) mass is 444 g/mol. The summed E-state index contributed by atoms with van der Waals surface area (Å²) in [6, 6.07) is 3.96. The lowest BCUT2D eigenvalue weighted by Crippen LogP contribution is -2.47. The summed E-state index contributed by atoms with van der Waals surface area (Å²) in [6.45, 7) is 10.4. The standard InChI is InChI=1S/C24H33FN4O3/c1-15-6-7-18(20(25)21(15)28(5)17-13-31-14-17)19-12-26-22(27-19)16-8-10-29(11-9-16)23(30)32-24(2,3)4/h6-7,16-17H,8-14H2,1-5H3. The summed E-state index contributed by atoms with van der Waals surface area (Å²) >= 11 is 0. The maximum absolute atomic E-state index is 15.5. The zero-order chi connectivity index (χ0) is 23.0. The number of nitrogens with zero attached hydrogens (tertiary/aromatic N) is 4. The zero-order valence-electron chi connectivity index (χ0n) is 19.7. The first-order valence-corrected chi connectivity index (χ1v) is 11.3. The molecule has 0 atom stereocenters. The number of halogens is 1. The van der Waals surface area contributed by atoms with Gasteiger partial charge in [0, 0.05) is 31.6 Å². The predicted octanol–water partition coefficient (Wildman–Crippen LogP) is 3.82. The van der Waals surface area contributed by atoms with Crippen molar-refractivity contribution in [2.45, 2.75) is 52.2 Å². The Kier molecular flexibility index (Phi) is 6.25. The molecule has 3 aliphatic heterocycles. The first-order valence-electron chi connectivity index (χ1n) is 11.3. The largest absolute Gasteiger partial charge is 0.444 e. The molecule has 0 saturated carbocycles. The number of amides is 1. The molecule has 0 aromatic heterocycles. The summed E-state index contributed by atoms with van der Waals surface area (Å²) in [5.74, 6) is 0.703. The minimum atomic E-state index is -0.501. The minimum absolute atomic E-state index is 0.175. The third-order valence-electron chi connectivity index (χ3n) is 6.30. The number of likely N-dealkylation sites (tertiary alicyclic amines) is 1. The molecule has 2 fully saturated rings. The first-order chi connectivity index (χ1) is 15.1. The molecule has 8 heteroatoms. The van der Waals surface area contributed by atoms with Gasteiger partial charge >= 0.3 is 6.09 Å². The number of rotatable bonds is 4. The van der Waals surface area contributed by atoms with Crippen LogP contribution in [-0.2, 0) is 9.47 Å². The van der Waals surface area contributed by atoms with Crippen LogP contribution in [-0.4, -0.2) is 74.1 Å². The van der Waals surface area contributed by atoms with Crippen LogP contribution in [0.4, 0.5) is 14.9 Å². The number of hydrogen-bond donors (Lipinski definition) is 0. The molecule has 1 aromatic carbocycles. The molecule has 7 nitrogen and oxygen atoms in total. The van der Waals surface area contributed by atoms with Crippen LogP contribution in [0.2, 0.25) is 0 Å². The van der Waals surface area contributed by atoms with Gasteiger partial charge in [-0.25, -0.2) is 14.2 Å². The van der Waals surface area contributed by atoms with Crippen LogP contribution in [0.15, 0.2) is 22.1 Å². The third kappa shape index (κ3) is 4.65. The molecule has 1 amide bonds. The van der Waals surface area contributed by atoms with E-state index in [-0.39, 0.29) is 23.9 Å². The first kappa shape index (κ1) is 22.7. The van der Waals surface area contributed by atoms with Gasteiger partial charge in [-0.2, -0.15) is 0 Å². The Hall–Kier alpha value is -2.48. The van der Waals surface area contributed by atoms with Gasteiger partial charge in [-0.15, -0.1) is 0 Å². The number of piperidine rings is 1. The molecule has 0 spiro atoms. The Labute approximate surface area is 189 Å². The highest BCUT2D eigenvalue weighted by Crippen LogP contribution is 2.31. The van der Waals surface area contributed by atoms with Crippen molar-refractivity contribution in [2.75, 3.05) is 44.8 Å². The highest BCUT2D eigenvalue weighted by Gasteiger charge is 2.32. The number of aryl methyl sites for hydroxylation is 1. The SMILES string of the molecule is Cc1ccc(C2=NC(C3CCN(C(=O)OC(C)(C)C)CC3)=NC2)c(F)c1N(C)C1COC1. The second kappa shape index (κ2) is 8.81. The molecule has 4 rings (SSSR count). The van der Waals surface area contributed by atoms with Gasteiger partial charge in [-0.05, 0) is 52.2 Å². The number of anilines is 1. The lowest BCUT2D eigenvalue weighted by molar-refractivity contribution is 0.00989. The fraction of sp³-hybridized carbons (Fsp3) is 0.625. The van der Waals surface area contributed by atoms with Crippen LogP contribution < -0.4 is 4.90 Å². The molecular formula is C24H33FN4O3. The van der Waals surface area contributed by atoms with Gasteiger partial charge in [0.15, 0.2) is 5.82 Å². The molecule has 2 saturated heterocycles. The summed E-state index contributed by atoms with van der Waals surface area (Å²) in [4.78, 5) is 25.4. The fourth-order valence-corrected chi connectivity index (χ4v) is 4.32. The van der Waals surface area contributed by atoms with Gasteiger partial charge in [0.2, 0.25) is 0 Å². The van der Waals surface area contributed by atoms with E-state index in [0.717, 1.165) is 24.2 Å². The van der Waals surface area contributed by atoms with E-state index in [1.54, 1.807) is 4.90 Å². The number of amidine groups is 1. The maximum Gasteiger partial charge on any atom is 0.410 e. The Morgan fingerprint density at radius 2 is 1.94 bits per heavy atom. The van der Waals surface area contributed by atoms with Gasteiger partial charge < -0.3 is 19.3 Å². The van der Waals surface area contributed by atoms with Gasteiger partial charge in [0.1, 0.15) is 11.4 Å². The van der Waals surface area contributed by atoms with Crippen molar-refractivity contribution in [2.24, 2.45) is 15.9 Å². The zero-order valence-corrected chi connectivity index (χ0v) is 19.7. The van der Waals surface area contributed by atoms with Crippen LogP contribution in [0.5, 0.6) is 0 Å².